The molecule has 0 radical (unpaired) electrons. The number of carbonyl (C=O) groups excluding carboxylic acids is 1. The Bertz CT molecular complexity index is 1550. The molecule has 2 aromatic carbocycles. The monoisotopic (exact) mass is 516 g/mol. The molecule has 0 unspecified atom stereocenters. The number of rotatable bonds is 6. The third-order valence-electron chi connectivity index (χ3n) is 6.83. The number of aromatic nitrogens is 3. The van der Waals surface area contributed by atoms with Crippen LogP contribution in [0.3, 0.4) is 0 Å². The molecule has 5 rings (SSSR count). The Morgan fingerprint density at radius 3 is 2.47 bits per heavy atom. The number of benzene rings is 2. The molecule has 1 aliphatic heterocycles. The lowest BCUT2D eigenvalue weighted by Crippen LogP contribution is -2.46. The molecule has 1 aliphatic rings. The summed E-state index contributed by atoms with van der Waals surface area (Å²) in [7, 11) is 3.12. The van der Waals surface area contributed by atoms with Crippen molar-refractivity contribution in [1.82, 2.24) is 25.2 Å². The molecule has 9 nitrogen and oxygen atoms in total. The van der Waals surface area contributed by atoms with Gasteiger partial charge >= 0.3 is 0 Å². The summed E-state index contributed by atoms with van der Waals surface area (Å²) in [5.74, 6) is -0.305. The van der Waals surface area contributed by atoms with Gasteiger partial charge in [-0.1, -0.05) is 12.1 Å². The first-order valence-electron chi connectivity index (χ1n) is 12.4. The van der Waals surface area contributed by atoms with Crippen molar-refractivity contribution in [2.24, 2.45) is 0 Å². The maximum atomic E-state index is 14.6. The molecule has 0 aliphatic carbocycles. The van der Waals surface area contributed by atoms with E-state index in [1.54, 1.807) is 20.1 Å². The van der Waals surface area contributed by atoms with Gasteiger partial charge in [0.2, 0.25) is 5.95 Å². The van der Waals surface area contributed by atoms with Gasteiger partial charge in [-0.15, -0.1) is 0 Å². The zero-order chi connectivity index (χ0) is 26.8. The molecule has 0 atom stereocenters. The fourth-order valence-corrected chi connectivity index (χ4v) is 4.75. The van der Waals surface area contributed by atoms with Crippen molar-refractivity contribution in [2.75, 3.05) is 45.2 Å². The van der Waals surface area contributed by atoms with Crippen LogP contribution in [0.15, 0.2) is 53.3 Å². The smallest absolute Gasteiger partial charge is 0.269 e. The van der Waals surface area contributed by atoms with Gasteiger partial charge in [0, 0.05) is 45.3 Å². The Labute approximate surface area is 219 Å². The predicted octanol–water partition coefficient (Wildman–Crippen LogP) is 3.12. The highest BCUT2D eigenvalue weighted by Gasteiger charge is 2.22. The quantitative estimate of drug-likeness (QED) is 0.380. The number of aryl methyl sites for hydroxylation is 1. The van der Waals surface area contributed by atoms with Gasteiger partial charge in [0.15, 0.2) is 0 Å². The number of methoxy groups -OCH3 is 1. The average molecular weight is 517 g/mol. The number of H-pyrrole nitrogens is 1. The minimum absolute atomic E-state index is 0.0547. The molecule has 2 N–H and O–H groups in total. The number of fused-ring (bicyclic) bond motifs is 1. The van der Waals surface area contributed by atoms with Gasteiger partial charge in [0.25, 0.3) is 11.5 Å². The van der Waals surface area contributed by atoms with E-state index in [9.17, 15) is 14.0 Å². The van der Waals surface area contributed by atoms with Crippen LogP contribution >= 0.6 is 0 Å². The van der Waals surface area contributed by atoms with Gasteiger partial charge in [-0.05, 0) is 54.4 Å². The largest absolute Gasteiger partial charge is 0.497 e. The van der Waals surface area contributed by atoms with Crippen molar-refractivity contribution in [3.8, 4) is 16.9 Å². The molecule has 1 saturated heterocycles. The number of piperazine rings is 1. The zero-order valence-electron chi connectivity index (χ0n) is 21.5. The van der Waals surface area contributed by atoms with Crippen LogP contribution in [0.2, 0.25) is 0 Å². The van der Waals surface area contributed by atoms with Crippen molar-refractivity contribution >= 4 is 22.6 Å². The summed E-state index contributed by atoms with van der Waals surface area (Å²) in [5.41, 5.74) is 5.04. The van der Waals surface area contributed by atoms with E-state index in [0.717, 1.165) is 41.0 Å². The second-order valence-corrected chi connectivity index (χ2v) is 9.27. The Morgan fingerprint density at radius 1 is 1.08 bits per heavy atom. The van der Waals surface area contributed by atoms with Crippen LogP contribution in [0.4, 0.5) is 10.1 Å². The maximum Gasteiger partial charge on any atom is 0.269 e. The fourth-order valence-electron chi connectivity index (χ4n) is 4.75. The number of halogens is 1. The number of hydrogen-bond donors (Lipinski definition) is 2. The van der Waals surface area contributed by atoms with Gasteiger partial charge in [-0.2, -0.15) is 4.39 Å². The van der Waals surface area contributed by atoms with Crippen molar-refractivity contribution in [2.45, 2.75) is 13.5 Å². The van der Waals surface area contributed by atoms with E-state index in [1.807, 2.05) is 35.2 Å². The van der Waals surface area contributed by atoms with Gasteiger partial charge in [0.1, 0.15) is 17.1 Å². The van der Waals surface area contributed by atoms with Gasteiger partial charge in [-0.3, -0.25) is 14.5 Å². The van der Waals surface area contributed by atoms with Gasteiger partial charge < -0.3 is 19.9 Å². The van der Waals surface area contributed by atoms with E-state index in [0.29, 0.717) is 36.5 Å². The molecule has 0 bridgehead atoms. The van der Waals surface area contributed by atoms with E-state index < -0.39 is 11.9 Å². The topological polar surface area (TPSA) is 103 Å². The summed E-state index contributed by atoms with van der Waals surface area (Å²) in [4.78, 5) is 39.7. The van der Waals surface area contributed by atoms with Crippen LogP contribution in [0.1, 0.15) is 21.7 Å². The van der Waals surface area contributed by atoms with Crippen LogP contribution < -0.4 is 20.5 Å². The number of anilines is 1. The number of nitrogens with one attached hydrogen (secondary N) is 2. The molecule has 1 amide bonds. The van der Waals surface area contributed by atoms with E-state index in [1.165, 1.54) is 13.1 Å². The molecular formula is C28H29FN6O3. The molecule has 3 heterocycles. The minimum Gasteiger partial charge on any atom is -0.497 e. The predicted molar refractivity (Wildman–Crippen MR) is 144 cm³/mol. The molecule has 0 spiro atoms. The average Bonchev–Trinajstić information content (AvgIpc) is 2.93. The number of nitrogens with zero attached hydrogens (tertiary/aromatic N) is 4. The summed E-state index contributed by atoms with van der Waals surface area (Å²) in [5, 5.41) is 2.46. The normalized spacial score (nSPS) is 14.1. The highest BCUT2D eigenvalue weighted by molar-refractivity contribution is 5.93. The van der Waals surface area contributed by atoms with Crippen LogP contribution in [0.5, 0.6) is 5.75 Å². The third-order valence-corrected chi connectivity index (χ3v) is 6.83. The zero-order valence-corrected chi connectivity index (χ0v) is 21.5. The summed E-state index contributed by atoms with van der Waals surface area (Å²) < 4.78 is 20.0. The summed E-state index contributed by atoms with van der Waals surface area (Å²) >= 11 is 0. The van der Waals surface area contributed by atoms with Crippen LogP contribution in [-0.2, 0) is 6.54 Å². The highest BCUT2D eigenvalue weighted by atomic mass is 19.1. The summed E-state index contributed by atoms with van der Waals surface area (Å²) in [6.07, 6.45) is 0. The molecule has 0 saturated carbocycles. The van der Waals surface area contributed by atoms with Gasteiger partial charge in [0.05, 0.1) is 23.8 Å². The molecule has 1 fully saturated rings. The van der Waals surface area contributed by atoms with Crippen molar-refractivity contribution in [3.05, 3.63) is 81.8 Å². The third kappa shape index (κ3) is 5.08. The lowest BCUT2D eigenvalue weighted by molar-refractivity contribution is 0.0957. The Hall–Kier alpha value is -4.31. The standard InChI is InChI=1S/C28H29FN6O3/c1-17-27(36)33-23-15-18(14-21(25(23)31-17)19-4-6-20(38-3)7-5-19)16-34-10-12-35(13-11-34)24-9-8-22(28(37)30-2)32-26(24)29/h4-9,14-15H,10-13,16H2,1-3H3,(H,30,37)(H,33,36). The molecular weight excluding hydrogens is 487 g/mol. The number of aromatic amines is 1. The van der Waals surface area contributed by atoms with Crippen LogP contribution in [0.25, 0.3) is 22.2 Å². The molecule has 196 valence electrons. The Morgan fingerprint density at radius 2 is 1.82 bits per heavy atom. The first kappa shape index (κ1) is 25.3. The fraction of sp³-hybridized carbons (Fsp3) is 0.286. The van der Waals surface area contributed by atoms with Crippen molar-refractivity contribution in [3.63, 3.8) is 0 Å². The first-order chi connectivity index (χ1) is 18.4. The molecule has 4 aromatic rings. The van der Waals surface area contributed by atoms with E-state index >= 15 is 0 Å². The minimum atomic E-state index is -0.648. The maximum absolute atomic E-state index is 14.6. The number of pyridine rings is 1. The summed E-state index contributed by atoms with van der Waals surface area (Å²) in [6.45, 7) is 5.04. The lowest BCUT2D eigenvalue weighted by atomic mass is 10.00. The van der Waals surface area contributed by atoms with E-state index in [2.05, 4.69) is 31.2 Å². The van der Waals surface area contributed by atoms with E-state index in [-0.39, 0.29) is 11.3 Å². The second kappa shape index (κ2) is 10.6. The lowest BCUT2D eigenvalue weighted by Gasteiger charge is -2.36. The molecule has 10 heteroatoms. The number of hydrogen-bond acceptors (Lipinski definition) is 7. The Balaban J connectivity index is 1.37. The number of carbonyl (C=O) groups is 1. The highest BCUT2D eigenvalue weighted by Crippen LogP contribution is 2.30. The molecule has 38 heavy (non-hydrogen) atoms. The van der Waals surface area contributed by atoms with Crippen LogP contribution in [-0.4, -0.2) is 66.1 Å². The van der Waals surface area contributed by atoms with Crippen molar-refractivity contribution < 1.29 is 13.9 Å². The first-order valence-corrected chi connectivity index (χ1v) is 12.4. The van der Waals surface area contributed by atoms with Crippen molar-refractivity contribution in [1.29, 1.82) is 0 Å². The number of ether oxygens (including phenoxy) is 1. The van der Waals surface area contributed by atoms with Crippen LogP contribution in [0, 0.1) is 12.9 Å². The van der Waals surface area contributed by atoms with Gasteiger partial charge in [-0.25, -0.2) is 9.97 Å². The SMILES string of the molecule is CNC(=O)c1ccc(N2CCN(Cc3cc(-c4ccc(OC)cc4)c4nc(C)c(=O)[nH]c4c3)CC2)c(F)n1. The summed E-state index contributed by atoms with van der Waals surface area (Å²) in [6, 6.07) is 15.0. The Kier molecular flexibility index (Phi) is 7.06. The van der Waals surface area contributed by atoms with E-state index in [4.69, 9.17) is 4.74 Å². The molecule has 2 aromatic heterocycles. The second-order valence-electron chi connectivity index (χ2n) is 9.27. The number of amides is 1.